The summed E-state index contributed by atoms with van der Waals surface area (Å²) in [5, 5.41) is 6.12. The number of nitrogens with one attached hydrogen (secondary N) is 2. The van der Waals surface area contributed by atoms with Crippen molar-refractivity contribution in [2.75, 3.05) is 22.6 Å². The molecule has 8 heteroatoms. The molecule has 1 unspecified atom stereocenters. The largest absolute Gasteiger partial charge is 0.496 e. The first-order valence-electron chi connectivity index (χ1n) is 12.1. The standard InChI is InChI=1S/C30H26FN3O4/c1-19(35)32-22-12-14-23(15-13-22)38-18-21-17-20(11-16-28(21)37-2)29-33-26-9-5-3-7-24(26)30(36)34(29)27-10-6-4-8-25(27)31/h3-17,29,33H,18H2,1-2H3,(H,32,35). The lowest BCUT2D eigenvalue weighted by Gasteiger charge is -2.38. The monoisotopic (exact) mass is 511 g/mol. The Balaban J connectivity index is 1.47. The van der Waals surface area contributed by atoms with Crippen LogP contribution in [0.4, 0.5) is 21.5 Å². The average Bonchev–Trinajstić information content (AvgIpc) is 2.93. The molecule has 4 aromatic rings. The molecular weight excluding hydrogens is 485 g/mol. The van der Waals surface area contributed by atoms with E-state index in [1.807, 2.05) is 24.3 Å². The third-order valence-electron chi connectivity index (χ3n) is 6.23. The molecule has 0 radical (unpaired) electrons. The second-order valence-corrected chi connectivity index (χ2v) is 8.78. The van der Waals surface area contributed by atoms with E-state index >= 15 is 0 Å². The lowest BCUT2D eigenvalue weighted by Crippen LogP contribution is -2.43. The number of benzene rings is 4. The number of carbonyl (C=O) groups is 2. The molecule has 0 bridgehead atoms. The van der Waals surface area contributed by atoms with Gasteiger partial charge in [0.2, 0.25) is 5.91 Å². The van der Waals surface area contributed by atoms with Gasteiger partial charge in [0.05, 0.1) is 18.4 Å². The number of halogens is 1. The topological polar surface area (TPSA) is 79.9 Å². The van der Waals surface area contributed by atoms with E-state index in [0.717, 1.165) is 11.1 Å². The molecule has 0 fully saturated rings. The predicted molar refractivity (Wildman–Crippen MR) is 144 cm³/mol. The smallest absolute Gasteiger partial charge is 0.262 e. The van der Waals surface area contributed by atoms with E-state index in [-0.39, 0.29) is 24.1 Å². The molecule has 2 amide bonds. The van der Waals surface area contributed by atoms with Gasteiger partial charge >= 0.3 is 0 Å². The van der Waals surface area contributed by atoms with Gasteiger partial charge in [0.15, 0.2) is 0 Å². The van der Waals surface area contributed by atoms with Crippen LogP contribution in [0.3, 0.4) is 0 Å². The number of fused-ring (bicyclic) bond motifs is 1. The van der Waals surface area contributed by atoms with Gasteiger partial charge in [-0.05, 0) is 66.2 Å². The van der Waals surface area contributed by atoms with E-state index in [1.165, 1.54) is 17.9 Å². The van der Waals surface area contributed by atoms with Crippen molar-refractivity contribution < 1.29 is 23.5 Å². The Labute approximate surface area is 219 Å². The Morgan fingerprint density at radius 2 is 1.74 bits per heavy atom. The van der Waals surface area contributed by atoms with Crippen LogP contribution in [-0.2, 0) is 11.4 Å². The molecule has 38 heavy (non-hydrogen) atoms. The van der Waals surface area contributed by atoms with E-state index in [0.29, 0.717) is 28.4 Å². The zero-order valence-electron chi connectivity index (χ0n) is 20.9. The van der Waals surface area contributed by atoms with Gasteiger partial charge in [-0.3, -0.25) is 14.5 Å². The minimum atomic E-state index is -0.670. The number of carbonyl (C=O) groups excluding carboxylic acids is 2. The molecule has 0 spiro atoms. The van der Waals surface area contributed by atoms with Crippen LogP contribution in [0.5, 0.6) is 11.5 Å². The van der Waals surface area contributed by atoms with Gasteiger partial charge in [0, 0.05) is 23.9 Å². The van der Waals surface area contributed by atoms with Gasteiger partial charge in [0.1, 0.15) is 30.1 Å². The number of anilines is 3. The van der Waals surface area contributed by atoms with Crippen molar-refractivity contribution >= 4 is 28.9 Å². The fourth-order valence-corrected chi connectivity index (χ4v) is 4.46. The fourth-order valence-electron chi connectivity index (χ4n) is 4.46. The number of hydrogen-bond donors (Lipinski definition) is 2. The number of para-hydroxylation sites is 2. The summed E-state index contributed by atoms with van der Waals surface area (Å²) < 4.78 is 26.5. The Kier molecular flexibility index (Phi) is 6.95. The van der Waals surface area contributed by atoms with Crippen LogP contribution in [0.2, 0.25) is 0 Å². The summed E-state index contributed by atoms with van der Waals surface area (Å²) in [6.45, 7) is 1.64. The summed E-state index contributed by atoms with van der Waals surface area (Å²) in [6.07, 6.45) is -0.670. The molecule has 2 N–H and O–H groups in total. The second kappa shape index (κ2) is 10.6. The van der Waals surface area contributed by atoms with E-state index in [4.69, 9.17) is 9.47 Å². The molecule has 4 aromatic carbocycles. The Morgan fingerprint density at radius 3 is 2.47 bits per heavy atom. The minimum Gasteiger partial charge on any atom is -0.496 e. The summed E-state index contributed by atoms with van der Waals surface area (Å²) in [5.74, 6) is 0.277. The van der Waals surface area contributed by atoms with Crippen LogP contribution in [0.1, 0.15) is 34.6 Å². The molecule has 0 saturated heterocycles. The van der Waals surface area contributed by atoms with Crippen LogP contribution in [0.25, 0.3) is 0 Å². The summed E-state index contributed by atoms with van der Waals surface area (Å²) >= 11 is 0. The summed E-state index contributed by atoms with van der Waals surface area (Å²) in [4.78, 5) is 26.3. The van der Waals surface area contributed by atoms with Gasteiger partial charge in [-0.2, -0.15) is 0 Å². The third-order valence-corrected chi connectivity index (χ3v) is 6.23. The fraction of sp³-hybridized carbons (Fsp3) is 0.133. The SMILES string of the molecule is COc1ccc(C2Nc3ccccc3C(=O)N2c2ccccc2F)cc1COc1ccc(NC(C)=O)cc1. The van der Waals surface area contributed by atoms with Crippen LogP contribution >= 0.6 is 0 Å². The molecule has 1 heterocycles. The first-order chi connectivity index (χ1) is 18.4. The molecule has 1 aliphatic rings. The van der Waals surface area contributed by atoms with Crippen molar-refractivity contribution in [3.63, 3.8) is 0 Å². The number of nitrogens with zero attached hydrogens (tertiary/aromatic N) is 1. The van der Waals surface area contributed by atoms with Crippen LogP contribution in [0.15, 0.2) is 91.0 Å². The highest BCUT2D eigenvalue weighted by Gasteiger charge is 2.35. The van der Waals surface area contributed by atoms with E-state index in [2.05, 4.69) is 10.6 Å². The van der Waals surface area contributed by atoms with E-state index in [9.17, 15) is 14.0 Å². The highest BCUT2D eigenvalue weighted by molar-refractivity contribution is 6.12. The molecule has 0 saturated carbocycles. The van der Waals surface area contributed by atoms with Crippen molar-refractivity contribution in [1.29, 1.82) is 0 Å². The van der Waals surface area contributed by atoms with Crippen molar-refractivity contribution in [3.05, 3.63) is 114 Å². The highest BCUT2D eigenvalue weighted by atomic mass is 19.1. The van der Waals surface area contributed by atoms with Gasteiger partial charge in [-0.15, -0.1) is 0 Å². The number of ether oxygens (including phenoxy) is 2. The van der Waals surface area contributed by atoms with Gasteiger partial charge in [0.25, 0.3) is 5.91 Å². The molecule has 5 rings (SSSR count). The zero-order valence-corrected chi connectivity index (χ0v) is 20.9. The highest BCUT2D eigenvalue weighted by Crippen LogP contribution is 2.38. The third kappa shape index (κ3) is 5.01. The number of methoxy groups -OCH3 is 1. The van der Waals surface area contributed by atoms with Crippen molar-refractivity contribution in [2.45, 2.75) is 19.7 Å². The van der Waals surface area contributed by atoms with E-state index < -0.39 is 12.0 Å². The van der Waals surface area contributed by atoms with Crippen LogP contribution < -0.4 is 25.0 Å². The Morgan fingerprint density at radius 1 is 1.00 bits per heavy atom. The first kappa shape index (κ1) is 24.8. The minimum absolute atomic E-state index is 0.151. The molecule has 1 atom stereocenters. The molecule has 0 aromatic heterocycles. The summed E-state index contributed by atoms with van der Waals surface area (Å²) in [5.41, 5.74) is 3.46. The zero-order chi connectivity index (χ0) is 26.6. The summed E-state index contributed by atoms with van der Waals surface area (Å²) in [7, 11) is 1.57. The Bertz CT molecular complexity index is 1490. The van der Waals surface area contributed by atoms with Gasteiger partial charge < -0.3 is 20.1 Å². The van der Waals surface area contributed by atoms with Crippen LogP contribution in [0, 0.1) is 5.82 Å². The van der Waals surface area contributed by atoms with E-state index in [1.54, 1.807) is 67.8 Å². The maximum absolute atomic E-state index is 14.9. The van der Waals surface area contributed by atoms with Crippen molar-refractivity contribution in [1.82, 2.24) is 0 Å². The molecule has 0 aliphatic carbocycles. The first-order valence-corrected chi connectivity index (χ1v) is 12.1. The Hall–Kier alpha value is -4.85. The number of hydrogen-bond acceptors (Lipinski definition) is 5. The quantitative estimate of drug-likeness (QED) is 0.311. The van der Waals surface area contributed by atoms with Gasteiger partial charge in [-0.1, -0.05) is 30.3 Å². The maximum atomic E-state index is 14.9. The predicted octanol–water partition coefficient (Wildman–Crippen LogP) is 6.14. The normalized spacial score (nSPS) is 14.3. The lowest BCUT2D eigenvalue weighted by molar-refractivity contribution is -0.114. The van der Waals surface area contributed by atoms with Crippen molar-refractivity contribution in [3.8, 4) is 11.5 Å². The average molecular weight is 512 g/mol. The number of rotatable bonds is 7. The van der Waals surface area contributed by atoms with Gasteiger partial charge in [-0.25, -0.2) is 4.39 Å². The number of amides is 2. The van der Waals surface area contributed by atoms with Crippen molar-refractivity contribution in [2.24, 2.45) is 0 Å². The molecular formula is C30H26FN3O4. The molecule has 1 aliphatic heterocycles. The molecule has 7 nitrogen and oxygen atoms in total. The molecule has 192 valence electrons. The summed E-state index contributed by atoms with van der Waals surface area (Å²) in [6, 6.07) is 26.0. The van der Waals surface area contributed by atoms with Crippen LogP contribution in [-0.4, -0.2) is 18.9 Å². The second-order valence-electron chi connectivity index (χ2n) is 8.78. The maximum Gasteiger partial charge on any atom is 0.262 e. The lowest BCUT2D eigenvalue weighted by atomic mass is 10.0.